The molecule has 0 atom stereocenters. The Morgan fingerprint density at radius 2 is 1.69 bits per heavy atom. The summed E-state index contributed by atoms with van der Waals surface area (Å²) in [6, 6.07) is 22.6. The van der Waals surface area contributed by atoms with Gasteiger partial charge in [-0.2, -0.15) is 10.1 Å². The second-order valence-electron chi connectivity index (χ2n) is 8.69. The molecule has 3 aromatic carbocycles. The van der Waals surface area contributed by atoms with Crippen LogP contribution < -0.4 is 0 Å². The lowest BCUT2D eigenvalue weighted by molar-refractivity contribution is -0.141. The summed E-state index contributed by atoms with van der Waals surface area (Å²) in [5.41, 5.74) is 6.01. The maximum absolute atomic E-state index is 13.5. The Morgan fingerprint density at radius 1 is 0.944 bits per heavy atom. The second kappa shape index (κ2) is 8.39. The Morgan fingerprint density at radius 3 is 2.50 bits per heavy atom. The van der Waals surface area contributed by atoms with Gasteiger partial charge < -0.3 is 4.57 Å². The van der Waals surface area contributed by atoms with E-state index in [2.05, 4.69) is 5.10 Å². The van der Waals surface area contributed by atoms with Crippen molar-refractivity contribution in [2.75, 3.05) is 0 Å². The van der Waals surface area contributed by atoms with Crippen molar-refractivity contribution in [1.82, 2.24) is 19.5 Å². The van der Waals surface area contributed by atoms with Gasteiger partial charge in [0, 0.05) is 10.4 Å². The predicted octanol–water partition coefficient (Wildman–Crippen LogP) is 5.61. The van der Waals surface area contributed by atoms with Gasteiger partial charge in [-0.3, -0.25) is 9.59 Å². The molecular formula is C28H20ClN5O2. The van der Waals surface area contributed by atoms with Crippen LogP contribution in [0, 0.1) is 0 Å². The highest BCUT2D eigenvalue weighted by Gasteiger charge is 2.34. The standard InChI is InChI=1S/C28H20ClN5O2/c1-16(18-8-4-3-5-9-18)25-17(2)32-34(28(25)36)24(35)15-33-23-11-7-6-10-20(23)26-27(33)31-21-13-12-19(29)14-22(21)30-26/h3-14H,15H2,1-2H3/b25-16-. The number of nitrogens with zero attached hydrogens (tertiary/aromatic N) is 5. The summed E-state index contributed by atoms with van der Waals surface area (Å²) in [4.78, 5) is 36.4. The summed E-state index contributed by atoms with van der Waals surface area (Å²) in [7, 11) is 0. The molecule has 0 fully saturated rings. The summed E-state index contributed by atoms with van der Waals surface area (Å²) >= 11 is 6.16. The SMILES string of the molecule is CC1=NN(C(=O)Cn2c3ccccc3c3nc4cc(Cl)ccc4nc32)C(=O)/C1=C(/C)c1ccccc1. The van der Waals surface area contributed by atoms with Crippen molar-refractivity contribution in [3.63, 3.8) is 0 Å². The summed E-state index contributed by atoms with van der Waals surface area (Å²) < 4.78 is 1.79. The Kier molecular flexibility index (Phi) is 5.16. The van der Waals surface area contributed by atoms with E-state index in [0.717, 1.165) is 27.0 Å². The Balaban J connectivity index is 1.42. The first-order valence-corrected chi connectivity index (χ1v) is 11.8. The maximum Gasteiger partial charge on any atom is 0.283 e. The lowest BCUT2D eigenvalue weighted by atomic mass is 9.99. The lowest BCUT2D eigenvalue weighted by Gasteiger charge is -2.13. The minimum atomic E-state index is -0.448. The van der Waals surface area contributed by atoms with Gasteiger partial charge in [-0.1, -0.05) is 60.1 Å². The molecule has 0 spiro atoms. The molecule has 0 unspecified atom stereocenters. The molecule has 7 nitrogen and oxygen atoms in total. The summed E-state index contributed by atoms with van der Waals surface area (Å²) in [5, 5.41) is 6.73. The third-order valence-corrected chi connectivity index (χ3v) is 6.68. The first-order valence-electron chi connectivity index (χ1n) is 11.5. The lowest BCUT2D eigenvalue weighted by Crippen LogP contribution is -2.32. The van der Waals surface area contributed by atoms with Gasteiger partial charge in [0.1, 0.15) is 12.1 Å². The molecule has 0 saturated heterocycles. The van der Waals surface area contributed by atoms with Crippen LogP contribution >= 0.6 is 11.6 Å². The van der Waals surface area contributed by atoms with E-state index < -0.39 is 11.8 Å². The number of fused-ring (bicyclic) bond motifs is 4. The average Bonchev–Trinajstić information content (AvgIpc) is 3.36. The van der Waals surface area contributed by atoms with Crippen LogP contribution in [0.15, 0.2) is 83.5 Å². The van der Waals surface area contributed by atoms with Crippen LogP contribution in [0.5, 0.6) is 0 Å². The minimum Gasteiger partial charge on any atom is -0.314 e. The van der Waals surface area contributed by atoms with Crippen molar-refractivity contribution in [1.29, 1.82) is 0 Å². The van der Waals surface area contributed by atoms with Gasteiger partial charge in [0.2, 0.25) is 0 Å². The van der Waals surface area contributed by atoms with Crippen LogP contribution in [0.1, 0.15) is 19.4 Å². The number of aromatic nitrogens is 3. The molecular weight excluding hydrogens is 474 g/mol. The van der Waals surface area contributed by atoms with Crippen molar-refractivity contribution >= 4 is 67.8 Å². The number of hydrogen-bond donors (Lipinski definition) is 0. The monoisotopic (exact) mass is 493 g/mol. The zero-order valence-corrected chi connectivity index (χ0v) is 20.3. The zero-order valence-electron chi connectivity index (χ0n) is 19.6. The third kappa shape index (κ3) is 3.48. The third-order valence-electron chi connectivity index (χ3n) is 6.44. The van der Waals surface area contributed by atoms with Crippen molar-refractivity contribution in [2.45, 2.75) is 20.4 Å². The highest BCUT2D eigenvalue weighted by atomic mass is 35.5. The molecule has 0 N–H and O–H groups in total. The molecule has 0 saturated carbocycles. The van der Waals surface area contributed by atoms with E-state index in [4.69, 9.17) is 21.6 Å². The highest BCUT2D eigenvalue weighted by molar-refractivity contribution is 6.31. The van der Waals surface area contributed by atoms with Gasteiger partial charge in [-0.15, -0.1) is 0 Å². The fourth-order valence-corrected chi connectivity index (χ4v) is 4.88. The van der Waals surface area contributed by atoms with E-state index in [-0.39, 0.29) is 6.54 Å². The maximum atomic E-state index is 13.5. The summed E-state index contributed by atoms with van der Waals surface area (Å²) in [5.74, 6) is -0.873. The number of rotatable bonds is 3. The Labute approximate surface area is 211 Å². The number of amides is 2. The van der Waals surface area contributed by atoms with Gasteiger partial charge in [-0.05, 0) is 49.2 Å². The number of benzene rings is 3. The van der Waals surface area contributed by atoms with Gasteiger partial charge in [0.15, 0.2) is 5.65 Å². The molecule has 3 heterocycles. The second-order valence-corrected chi connectivity index (χ2v) is 9.13. The van der Waals surface area contributed by atoms with E-state index in [0.29, 0.717) is 38.5 Å². The molecule has 36 heavy (non-hydrogen) atoms. The van der Waals surface area contributed by atoms with E-state index in [1.165, 1.54) is 0 Å². The molecule has 8 heteroatoms. The minimum absolute atomic E-state index is 0.113. The van der Waals surface area contributed by atoms with Crippen molar-refractivity contribution in [3.8, 4) is 0 Å². The van der Waals surface area contributed by atoms with Gasteiger partial charge in [0.05, 0.1) is 27.8 Å². The van der Waals surface area contributed by atoms with Crippen molar-refractivity contribution in [3.05, 3.63) is 89.0 Å². The topological polar surface area (TPSA) is 80.5 Å². The van der Waals surface area contributed by atoms with Crippen molar-refractivity contribution in [2.24, 2.45) is 5.10 Å². The number of para-hydroxylation sites is 1. The molecule has 0 bridgehead atoms. The van der Waals surface area contributed by atoms with Crippen LogP contribution in [0.25, 0.3) is 38.7 Å². The first-order chi connectivity index (χ1) is 17.4. The number of halogens is 1. The molecule has 2 aromatic heterocycles. The number of hydrazone groups is 1. The van der Waals surface area contributed by atoms with E-state index in [1.807, 2.05) is 61.5 Å². The van der Waals surface area contributed by atoms with Gasteiger partial charge in [-0.25, -0.2) is 9.97 Å². The Bertz CT molecular complexity index is 1790. The van der Waals surface area contributed by atoms with E-state index in [9.17, 15) is 9.59 Å². The molecule has 1 aliphatic heterocycles. The predicted molar refractivity (Wildman–Crippen MR) is 142 cm³/mol. The Hall–Kier alpha value is -4.36. The highest BCUT2D eigenvalue weighted by Crippen LogP contribution is 2.30. The first kappa shape index (κ1) is 22.1. The fraction of sp³-hybridized carbons (Fsp3) is 0.107. The smallest absolute Gasteiger partial charge is 0.283 e. The summed E-state index contributed by atoms with van der Waals surface area (Å²) in [6.07, 6.45) is 0. The molecule has 0 aliphatic carbocycles. The number of carbonyl (C=O) groups excluding carboxylic acids is 2. The molecule has 0 radical (unpaired) electrons. The number of imide groups is 1. The fourth-order valence-electron chi connectivity index (χ4n) is 4.71. The van der Waals surface area contributed by atoms with Crippen LogP contribution in [0.2, 0.25) is 5.02 Å². The molecule has 6 rings (SSSR count). The van der Waals surface area contributed by atoms with Crippen molar-refractivity contribution < 1.29 is 9.59 Å². The molecule has 5 aromatic rings. The number of hydrogen-bond acceptors (Lipinski definition) is 5. The molecule has 2 amide bonds. The van der Waals surface area contributed by atoms with Crippen LogP contribution in [-0.4, -0.2) is 37.1 Å². The van der Waals surface area contributed by atoms with Gasteiger partial charge >= 0.3 is 0 Å². The van der Waals surface area contributed by atoms with Crippen LogP contribution in [-0.2, 0) is 16.1 Å². The normalized spacial score (nSPS) is 15.2. The zero-order chi connectivity index (χ0) is 25.0. The molecule has 1 aliphatic rings. The summed E-state index contributed by atoms with van der Waals surface area (Å²) in [6.45, 7) is 3.50. The van der Waals surface area contributed by atoms with Crippen LogP contribution in [0.4, 0.5) is 0 Å². The largest absolute Gasteiger partial charge is 0.314 e. The quantitative estimate of drug-likeness (QED) is 0.306. The number of carbonyl (C=O) groups is 2. The number of allylic oxidation sites excluding steroid dienone is 1. The van der Waals surface area contributed by atoms with Crippen LogP contribution in [0.3, 0.4) is 0 Å². The van der Waals surface area contributed by atoms with E-state index in [1.54, 1.807) is 29.7 Å². The molecule has 176 valence electrons. The van der Waals surface area contributed by atoms with E-state index >= 15 is 0 Å². The van der Waals surface area contributed by atoms with Gasteiger partial charge in [0.25, 0.3) is 11.8 Å². The average molecular weight is 494 g/mol.